The number of fused-ring (bicyclic) bond motifs is 1. The second-order valence-electron chi connectivity index (χ2n) is 5.77. The fourth-order valence-corrected chi connectivity index (χ4v) is 4.10. The van der Waals surface area contributed by atoms with Gasteiger partial charge in [-0.3, -0.25) is 4.98 Å². The summed E-state index contributed by atoms with van der Waals surface area (Å²) in [5.41, 5.74) is 1.10. The van der Waals surface area contributed by atoms with Gasteiger partial charge in [0, 0.05) is 31.5 Å². The number of methoxy groups -OCH3 is 1. The Kier molecular flexibility index (Phi) is 4.44. The summed E-state index contributed by atoms with van der Waals surface area (Å²) in [5, 5.41) is 13.8. The number of nitrogens with zero attached hydrogens (tertiary/aromatic N) is 6. The molecule has 0 bridgehead atoms. The zero-order valence-electron chi connectivity index (χ0n) is 13.8. The standard InChI is InChI=1S/C16H14ClN7OS/c1-25-14-9(4-18)5-20-15(23-14)21-10-2-3-24(8-10)16-22-13-11(17)6-19-7-12(13)26-16/h5-7,10H,2-3,8H2,1H3,(H,20,21,23)/t10-/m1/s1. The highest BCUT2D eigenvalue weighted by molar-refractivity contribution is 7.22. The van der Waals surface area contributed by atoms with Crippen molar-refractivity contribution >= 4 is 44.2 Å². The summed E-state index contributed by atoms with van der Waals surface area (Å²) < 4.78 is 6.10. The number of rotatable bonds is 4. The number of nitriles is 1. The van der Waals surface area contributed by atoms with Crippen molar-refractivity contribution in [2.45, 2.75) is 12.5 Å². The van der Waals surface area contributed by atoms with Crippen LogP contribution in [-0.2, 0) is 0 Å². The van der Waals surface area contributed by atoms with Gasteiger partial charge in [-0.15, -0.1) is 0 Å². The van der Waals surface area contributed by atoms with Crippen LogP contribution in [0.2, 0.25) is 5.02 Å². The van der Waals surface area contributed by atoms with Gasteiger partial charge >= 0.3 is 0 Å². The maximum absolute atomic E-state index is 9.01. The molecular weight excluding hydrogens is 374 g/mol. The molecule has 4 rings (SSSR count). The number of pyridine rings is 1. The van der Waals surface area contributed by atoms with Crippen molar-refractivity contribution < 1.29 is 4.74 Å². The number of ether oxygens (including phenoxy) is 1. The van der Waals surface area contributed by atoms with Crippen LogP contribution < -0.4 is 15.0 Å². The SMILES string of the molecule is COc1nc(N[C@@H]2CCN(c3nc4c(Cl)cncc4s3)C2)ncc1C#N. The van der Waals surface area contributed by atoms with Crippen LogP contribution in [0.5, 0.6) is 5.88 Å². The molecule has 1 N–H and O–H groups in total. The molecule has 0 aromatic carbocycles. The average molecular weight is 388 g/mol. The number of nitrogens with one attached hydrogen (secondary N) is 1. The minimum atomic E-state index is 0.174. The lowest BCUT2D eigenvalue weighted by molar-refractivity contribution is 0.396. The first-order valence-electron chi connectivity index (χ1n) is 7.90. The van der Waals surface area contributed by atoms with E-state index >= 15 is 0 Å². The van der Waals surface area contributed by atoms with Gasteiger partial charge in [-0.25, -0.2) is 9.97 Å². The summed E-state index contributed by atoms with van der Waals surface area (Å²) in [6.07, 6.45) is 5.78. The Balaban J connectivity index is 1.48. The Labute approximate surface area is 158 Å². The first kappa shape index (κ1) is 16.8. The average Bonchev–Trinajstić information content (AvgIpc) is 3.29. The normalized spacial score (nSPS) is 16.7. The van der Waals surface area contributed by atoms with Crippen LogP contribution in [0.4, 0.5) is 11.1 Å². The lowest BCUT2D eigenvalue weighted by atomic mass is 10.3. The van der Waals surface area contributed by atoms with Crippen LogP contribution in [0.15, 0.2) is 18.6 Å². The summed E-state index contributed by atoms with van der Waals surface area (Å²) in [6.45, 7) is 1.65. The molecule has 3 aromatic rings. The lowest BCUT2D eigenvalue weighted by Gasteiger charge is -2.16. The number of anilines is 2. The molecule has 10 heteroatoms. The molecule has 4 heterocycles. The van der Waals surface area contributed by atoms with Gasteiger partial charge in [0.25, 0.3) is 0 Å². The van der Waals surface area contributed by atoms with Crippen LogP contribution in [0.3, 0.4) is 0 Å². The zero-order valence-corrected chi connectivity index (χ0v) is 15.4. The Morgan fingerprint density at radius 1 is 1.38 bits per heavy atom. The molecular formula is C16H14ClN7OS. The van der Waals surface area contributed by atoms with Crippen LogP contribution in [0, 0.1) is 11.3 Å². The minimum absolute atomic E-state index is 0.174. The Bertz CT molecular complexity index is 1000. The van der Waals surface area contributed by atoms with E-state index in [4.69, 9.17) is 21.6 Å². The predicted molar refractivity (Wildman–Crippen MR) is 100.0 cm³/mol. The van der Waals surface area contributed by atoms with E-state index in [1.807, 2.05) is 6.07 Å². The fraction of sp³-hybridized carbons (Fsp3) is 0.312. The zero-order chi connectivity index (χ0) is 18.1. The quantitative estimate of drug-likeness (QED) is 0.729. The first-order chi connectivity index (χ1) is 12.7. The van der Waals surface area contributed by atoms with Gasteiger partial charge in [0.15, 0.2) is 5.13 Å². The molecule has 8 nitrogen and oxygen atoms in total. The summed E-state index contributed by atoms with van der Waals surface area (Å²) in [7, 11) is 1.48. The second kappa shape index (κ2) is 6.90. The maximum Gasteiger partial charge on any atom is 0.236 e. The Morgan fingerprint density at radius 3 is 3.04 bits per heavy atom. The smallest absolute Gasteiger partial charge is 0.236 e. The largest absolute Gasteiger partial charge is 0.480 e. The van der Waals surface area contributed by atoms with Gasteiger partial charge in [-0.1, -0.05) is 22.9 Å². The van der Waals surface area contributed by atoms with E-state index in [1.54, 1.807) is 23.7 Å². The van der Waals surface area contributed by atoms with E-state index in [1.165, 1.54) is 13.3 Å². The molecule has 26 heavy (non-hydrogen) atoms. The lowest BCUT2D eigenvalue weighted by Crippen LogP contribution is -2.26. The summed E-state index contributed by atoms with van der Waals surface area (Å²) in [6, 6.07) is 2.18. The topological polar surface area (TPSA) is 99.8 Å². The third-order valence-electron chi connectivity index (χ3n) is 4.11. The van der Waals surface area contributed by atoms with Crippen molar-refractivity contribution in [3.8, 4) is 11.9 Å². The monoisotopic (exact) mass is 387 g/mol. The number of halogens is 1. The van der Waals surface area contributed by atoms with Crippen LogP contribution in [-0.4, -0.2) is 46.2 Å². The van der Waals surface area contributed by atoms with E-state index in [9.17, 15) is 0 Å². The number of hydrogen-bond donors (Lipinski definition) is 1. The Hall–Kier alpha value is -2.70. The van der Waals surface area contributed by atoms with Crippen molar-refractivity contribution in [2.75, 3.05) is 30.4 Å². The first-order valence-corrected chi connectivity index (χ1v) is 9.10. The molecule has 1 fully saturated rings. The summed E-state index contributed by atoms with van der Waals surface area (Å²) in [4.78, 5) is 19.4. The van der Waals surface area contributed by atoms with E-state index in [0.29, 0.717) is 16.5 Å². The van der Waals surface area contributed by atoms with Gasteiger partial charge in [-0.2, -0.15) is 10.2 Å². The molecule has 0 spiro atoms. The number of hydrogen-bond acceptors (Lipinski definition) is 9. The van der Waals surface area contributed by atoms with Gasteiger partial charge in [0.2, 0.25) is 11.8 Å². The van der Waals surface area contributed by atoms with E-state index < -0.39 is 0 Å². The van der Waals surface area contributed by atoms with Crippen LogP contribution in [0.25, 0.3) is 10.2 Å². The van der Waals surface area contributed by atoms with Crippen molar-refractivity contribution in [2.24, 2.45) is 0 Å². The number of aromatic nitrogens is 4. The third-order valence-corrected chi connectivity index (χ3v) is 5.43. The van der Waals surface area contributed by atoms with Crippen LogP contribution in [0.1, 0.15) is 12.0 Å². The molecule has 132 valence electrons. The fourth-order valence-electron chi connectivity index (χ4n) is 2.85. The second-order valence-corrected chi connectivity index (χ2v) is 7.19. The molecule has 1 atom stereocenters. The molecule has 1 aliphatic heterocycles. The summed E-state index contributed by atoms with van der Waals surface area (Å²) in [5.74, 6) is 0.720. The van der Waals surface area contributed by atoms with Crippen molar-refractivity contribution in [1.82, 2.24) is 19.9 Å². The molecule has 0 amide bonds. The van der Waals surface area contributed by atoms with Gasteiger partial charge in [0.1, 0.15) is 17.1 Å². The maximum atomic E-state index is 9.01. The summed E-state index contributed by atoms with van der Waals surface area (Å²) >= 11 is 7.75. The third kappa shape index (κ3) is 3.09. The van der Waals surface area contributed by atoms with E-state index in [-0.39, 0.29) is 11.9 Å². The van der Waals surface area contributed by atoms with Crippen molar-refractivity contribution in [3.63, 3.8) is 0 Å². The van der Waals surface area contributed by atoms with Crippen molar-refractivity contribution in [1.29, 1.82) is 5.26 Å². The van der Waals surface area contributed by atoms with Gasteiger partial charge in [0.05, 0.1) is 23.0 Å². The molecule has 0 saturated carbocycles. The van der Waals surface area contributed by atoms with Crippen molar-refractivity contribution in [3.05, 3.63) is 29.2 Å². The highest BCUT2D eigenvalue weighted by atomic mass is 35.5. The molecule has 1 aliphatic rings. The molecule has 3 aromatic heterocycles. The van der Waals surface area contributed by atoms with E-state index in [2.05, 4.69) is 30.2 Å². The molecule has 0 radical (unpaired) electrons. The number of thiazole rings is 1. The minimum Gasteiger partial charge on any atom is -0.480 e. The highest BCUT2D eigenvalue weighted by Crippen LogP contribution is 2.33. The molecule has 0 unspecified atom stereocenters. The van der Waals surface area contributed by atoms with Gasteiger partial charge in [-0.05, 0) is 6.42 Å². The van der Waals surface area contributed by atoms with E-state index in [0.717, 1.165) is 34.9 Å². The molecule has 1 saturated heterocycles. The van der Waals surface area contributed by atoms with Gasteiger partial charge < -0.3 is 15.0 Å². The molecule has 0 aliphatic carbocycles. The highest BCUT2D eigenvalue weighted by Gasteiger charge is 2.26. The van der Waals surface area contributed by atoms with Crippen LogP contribution >= 0.6 is 22.9 Å². The predicted octanol–water partition coefficient (Wildman–Crippen LogP) is 2.71. The Morgan fingerprint density at radius 2 is 2.27 bits per heavy atom.